The van der Waals surface area contributed by atoms with Crippen LogP contribution in [0.2, 0.25) is 0 Å². The largest absolute Gasteiger partial charge is 0.493 e. The smallest absolute Gasteiger partial charge is 0.227 e. The molecule has 3 N–H and O–H groups in total. The zero-order valence-electron chi connectivity index (χ0n) is 16.7. The van der Waals surface area contributed by atoms with E-state index in [1.54, 1.807) is 14.2 Å². The molecule has 0 aliphatic carbocycles. The molecule has 0 bridgehead atoms. The standard InChI is InChI=1S/C19H32N4O3/c1-7-20-17(24)19(3,4)13-23-18(21-8-2)22-12-14-9-10-15(25-5)16(11-14)26-6/h9-11H,7-8,12-13H2,1-6H3,(H,20,24)(H2,21,22,23). The van der Waals surface area contributed by atoms with Crippen molar-refractivity contribution in [3.63, 3.8) is 0 Å². The van der Waals surface area contributed by atoms with Gasteiger partial charge in [-0.2, -0.15) is 0 Å². The van der Waals surface area contributed by atoms with Gasteiger partial charge in [-0.1, -0.05) is 6.07 Å². The van der Waals surface area contributed by atoms with E-state index in [1.165, 1.54) is 0 Å². The van der Waals surface area contributed by atoms with Crippen molar-refractivity contribution in [2.45, 2.75) is 34.2 Å². The number of hydrogen-bond acceptors (Lipinski definition) is 4. The van der Waals surface area contributed by atoms with Gasteiger partial charge in [0, 0.05) is 19.6 Å². The summed E-state index contributed by atoms with van der Waals surface area (Å²) in [4.78, 5) is 16.7. The molecule has 0 spiro atoms. The summed E-state index contributed by atoms with van der Waals surface area (Å²) in [5, 5.41) is 9.30. The second-order valence-electron chi connectivity index (χ2n) is 6.48. The fourth-order valence-electron chi connectivity index (χ4n) is 2.28. The number of carbonyl (C=O) groups is 1. The second-order valence-corrected chi connectivity index (χ2v) is 6.48. The Kier molecular flexibility index (Phi) is 8.75. The van der Waals surface area contributed by atoms with Crippen LogP contribution in [-0.4, -0.2) is 45.7 Å². The lowest BCUT2D eigenvalue weighted by molar-refractivity contribution is -0.128. The van der Waals surface area contributed by atoms with Crippen molar-refractivity contribution in [1.82, 2.24) is 16.0 Å². The third-order valence-electron chi connectivity index (χ3n) is 3.86. The van der Waals surface area contributed by atoms with Gasteiger partial charge in [0.15, 0.2) is 17.5 Å². The van der Waals surface area contributed by atoms with Crippen LogP contribution in [0.3, 0.4) is 0 Å². The molecule has 1 aromatic rings. The highest BCUT2D eigenvalue weighted by Gasteiger charge is 2.27. The Labute approximate surface area is 156 Å². The topological polar surface area (TPSA) is 84.0 Å². The first-order chi connectivity index (χ1) is 12.4. The predicted octanol–water partition coefficient (Wildman–Crippen LogP) is 1.92. The molecule has 1 aromatic carbocycles. The molecule has 0 heterocycles. The van der Waals surface area contributed by atoms with Gasteiger partial charge in [0.25, 0.3) is 0 Å². The van der Waals surface area contributed by atoms with Crippen LogP contribution in [-0.2, 0) is 11.3 Å². The molecular formula is C19H32N4O3. The summed E-state index contributed by atoms with van der Waals surface area (Å²) in [7, 11) is 3.22. The summed E-state index contributed by atoms with van der Waals surface area (Å²) in [6.07, 6.45) is 0. The maximum Gasteiger partial charge on any atom is 0.227 e. The predicted molar refractivity (Wildman–Crippen MR) is 105 cm³/mol. The molecule has 0 unspecified atom stereocenters. The highest BCUT2D eigenvalue weighted by Crippen LogP contribution is 2.27. The average Bonchev–Trinajstić information content (AvgIpc) is 2.63. The Balaban J connectivity index is 2.79. The van der Waals surface area contributed by atoms with Gasteiger partial charge < -0.3 is 25.4 Å². The van der Waals surface area contributed by atoms with Crippen molar-refractivity contribution in [3.8, 4) is 11.5 Å². The summed E-state index contributed by atoms with van der Waals surface area (Å²) in [5.41, 5.74) is 0.470. The molecule has 0 radical (unpaired) electrons. The Bertz CT molecular complexity index is 615. The highest BCUT2D eigenvalue weighted by atomic mass is 16.5. The van der Waals surface area contributed by atoms with E-state index in [0.29, 0.717) is 37.1 Å². The molecule has 0 fully saturated rings. The number of aliphatic imine (C=N–C) groups is 1. The van der Waals surface area contributed by atoms with Crippen molar-refractivity contribution in [2.24, 2.45) is 10.4 Å². The van der Waals surface area contributed by atoms with Crippen molar-refractivity contribution >= 4 is 11.9 Å². The molecule has 0 saturated carbocycles. The minimum absolute atomic E-state index is 0.0169. The van der Waals surface area contributed by atoms with Gasteiger partial charge in [0.05, 0.1) is 26.2 Å². The SMILES string of the molecule is CCNC(=O)C(C)(C)CNC(=NCc1ccc(OC)c(OC)c1)NCC. The molecule has 7 nitrogen and oxygen atoms in total. The zero-order valence-corrected chi connectivity index (χ0v) is 16.7. The molecule has 1 rings (SSSR count). The number of nitrogens with one attached hydrogen (secondary N) is 3. The van der Waals surface area contributed by atoms with E-state index in [-0.39, 0.29) is 5.91 Å². The normalized spacial score (nSPS) is 11.7. The minimum Gasteiger partial charge on any atom is -0.493 e. The van der Waals surface area contributed by atoms with Crippen LogP contribution in [0.25, 0.3) is 0 Å². The number of carbonyl (C=O) groups excluding carboxylic acids is 1. The van der Waals surface area contributed by atoms with E-state index in [9.17, 15) is 4.79 Å². The molecule has 0 saturated heterocycles. The van der Waals surface area contributed by atoms with Crippen molar-refractivity contribution in [1.29, 1.82) is 0 Å². The fourth-order valence-corrected chi connectivity index (χ4v) is 2.28. The van der Waals surface area contributed by atoms with Crippen LogP contribution >= 0.6 is 0 Å². The van der Waals surface area contributed by atoms with E-state index in [1.807, 2.05) is 45.9 Å². The van der Waals surface area contributed by atoms with Crippen molar-refractivity contribution in [2.75, 3.05) is 33.9 Å². The van der Waals surface area contributed by atoms with E-state index in [2.05, 4.69) is 20.9 Å². The van der Waals surface area contributed by atoms with Crippen molar-refractivity contribution in [3.05, 3.63) is 23.8 Å². The second kappa shape index (κ2) is 10.5. The molecule has 0 aliphatic heterocycles. The number of hydrogen-bond donors (Lipinski definition) is 3. The number of benzene rings is 1. The lowest BCUT2D eigenvalue weighted by Crippen LogP contribution is -2.47. The van der Waals surface area contributed by atoms with Crippen LogP contribution in [0, 0.1) is 5.41 Å². The van der Waals surface area contributed by atoms with E-state index in [0.717, 1.165) is 12.1 Å². The van der Waals surface area contributed by atoms with Crippen LogP contribution in [0.15, 0.2) is 23.2 Å². The van der Waals surface area contributed by atoms with Gasteiger partial charge >= 0.3 is 0 Å². The summed E-state index contributed by atoms with van der Waals surface area (Å²) in [6.45, 7) is 10.0. The molecule has 1 amide bonds. The maximum absolute atomic E-state index is 12.1. The summed E-state index contributed by atoms with van der Waals surface area (Å²) >= 11 is 0. The number of ether oxygens (including phenoxy) is 2. The quantitative estimate of drug-likeness (QED) is 0.461. The van der Waals surface area contributed by atoms with Gasteiger partial charge in [-0.25, -0.2) is 4.99 Å². The fraction of sp³-hybridized carbons (Fsp3) is 0.579. The Morgan fingerprint density at radius 2 is 1.69 bits per heavy atom. The first-order valence-electron chi connectivity index (χ1n) is 8.89. The highest BCUT2D eigenvalue weighted by molar-refractivity contribution is 5.84. The van der Waals surface area contributed by atoms with E-state index in [4.69, 9.17) is 9.47 Å². The van der Waals surface area contributed by atoms with Crippen LogP contribution in [0.1, 0.15) is 33.3 Å². The van der Waals surface area contributed by atoms with E-state index >= 15 is 0 Å². The van der Waals surface area contributed by atoms with Crippen LogP contribution in [0.4, 0.5) is 0 Å². The average molecular weight is 364 g/mol. The van der Waals surface area contributed by atoms with Gasteiger partial charge in [0.1, 0.15) is 0 Å². The molecule has 146 valence electrons. The third kappa shape index (κ3) is 6.46. The Morgan fingerprint density at radius 1 is 1.04 bits per heavy atom. The number of amides is 1. The molecule has 7 heteroatoms. The summed E-state index contributed by atoms with van der Waals surface area (Å²) < 4.78 is 10.6. The van der Waals surface area contributed by atoms with Gasteiger partial charge in [-0.05, 0) is 45.4 Å². The molecule has 0 aliphatic rings. The number of guanidine groups is 1. The van der Waals surface area contributed by atoms with Crippen LogP contribution in [0.5, 0.6) is 11.5 Å². The Morgan fingerprint density at radius 3 is 2.27 bits per heavy atom. The molecule has 0 atom stereocenters. The number of nitrogens with zero attached hydrogens (tertiary/aromatic N) is 1. The molecular weight excluding hydrogens is 332 g/mol. The monoisotopic (exact) mass is 364 g/mol. The van der Waals surface area contributed by atoms with Gasteiger partial charge in [0.2, 0.25) is 5.91 Å². The minimum atomic E-state index is -0.532. The zero-order chi connectivity index (χ0) is 19.6. The number of methoxy groups -OCH3 is 2. The number of rotatable bonds is 9. The summed E-state index contributed by atoms with van der Waals surface area (Å²) in [6, 6.07) is 5.72. The first-order valence-corrected chi connectivity index (χ1v) is 8.89. The lowest BCUT2D eigenvalue weighted by atomic mass is 9.92. The van der Waals surface area contributed by atoms with Crippen LogP contribution < -0.4 is 25.4 Å². The lowest BCUT2D eigenvalue weighted by Gasteiger charge is -2.24. The molecule has 0 aromatic heterocycles. The molecule has 26 heavy (non-hydrogen) atoms. The Hall–Kier alpha value is -2.44. The maximum atomic E-state index is 12.1. The van der Waals surface area contributed by atoms with Gasteiger partial charge in [-0.3, -0.25) is 4.79 Å². The van der Waals surface area contributed by atoms with Gasteiger partial charge in [-0.15, -0.1) is 0 Å². The summed E-state index contributed by atoms with van der Waals surface area (Å²) in [5.74, 6) is 2.05. The third-order valence-corrected chi connectivity index (χ3v) is 3.86. The van der Waals surface area contributed by atoms with Crippen molar-refractivity contribution < 1.29 is 14.3 Å². The first kappa shape index (κ1) is 21.6. The van der Waals surface area contributed by atoms with E-state index < -0.39 is 5.41 Å².